The highest BCUT2D eigenvalue weighted by Crippen LogP contribution is 2.33. The Kier molecular flexibility index (Phi) is 3.26. The van der Waals surface area contributed by atoms with E-state index in [2.05, 4.69) is 10.1 Å². The first-order valence-electron chi connectivity index (χ1n) is 7.90. The van der Waals surface area contributed by atoms with Crippen molar-refractivity contribution >= 4 is 22.7 Å². The van der Waals surface area contributed by atoms with Crippen molar-refractivity contribution in [3.8, 4) is 0 Å². The number of furan rings is 1. The first-order chi connectivity index (χ1) is 11.5. The van der Waals surface area contributed by atoms with Gasteiger partial charge in [-0.2, -0.15) is 5.10 Å². The van der Waals surface area contributed by atoms with E-state index < -0.39 is 0 Å². The maximum Gasteiger partial charge on any atom is 0.240 e. The Morgan fingerprint density at radius 1 is 1.25 bits per heavy atom. The van der Waals surface area contributed by atoms with E-state index in [0.29, 0.717) is 6.42 Å². The van der Waals surface area contributed by atoms with E-state index in [-0.39, 0.29) is 11.9 Å². The number of para-hydroxylation sites is 2. The number of imidazole rings is 1. The fraction of sp³-hybridized carbons (Fsp3) is 0.278. The average Bonchev–Trinajstić information content (AvgIpc) is 3.25. The summed E-state index contributed by atoms with van der Waals surface area (Å²) >= 11 is 0. The molecule has 0 radical (unpaired) electrons. The highest BCUT2D eigenvalue weighted by Gasteiger charge is 2.35. The van der Waals surface area contributed by atoms with Crippen LogP contribution >= 0.6 is 0 Å². The van der Waals surface area contributed by atoms with Crippen LogP contribution in [0.4, 0.5) is 0 Å². The molecule has 3 aromatic rings. The molecule has 1 aliphatic rings. The number of carbonyl (C=O) groups excluding carboxylic acids is 1. The number of rotatable bonds is 2. The van der Waals surface area contributed by atoms with Gasteiger partial charge >= 0.3 is 0 Å². The number of hydrogen-bond acceptors (Lipinski definition) is 4. The molecule has 122 valence electrons. The summed E-state index contributed by atoms with van der Waals surface area (Å²) in [6.45, 7) is 3.41. The Morgan fingerprint density at radius 2 is 2.04 bits per heavy atom. The molecule has 0 saturated carbocycles. The van der Waals surface area contributed by atoms with Crippen molar-refractivity contribution in [2.24, 2.45) is 12.1 Å². The number of carbonyl (C=O) groups is 1. The quantitative estimate of drug-likeness (QED) is 0.728. The third-order valence-electron chi connectivity index (χ3n) is 4.37. The second-order valence-electron chi connectivity index (χ2n) is 6.06. The fourth-order valence-electron chi connectivity index (χ4n) is 3.19. The molecule has 0 aliphatic carbocycles. The Bertz CT molecular complexity index is 966. The van der Waals surface area contributed by atoms with Gasteiger partial charge in [-0.05, 0) is 31.2 Å². The number of fused-ring (bicyclic) bond motifs is 1. The highest BCUT2D eigenvalue weighted by atomic mass is 16.3. The van der Waals surface area contributed by atoms with Crippen LogP contribution in [0.2, 0.25) is 0 Å². The lowest BCUT2D eigenvalue weighted by molar-refractivity contribution is -0.130. The molecule has 1 amide bonds. The third kappa shape index (κ3) is 2.22. The van der Waals surface area contributed by atoms with Crippen LogP contribution in [0.3, 0.4) is 0 Å². The van der Waals surface area contributed by atoms with Crippen LogP contribution in [0.15, 0.2) is 45.9 Å². The molecule has 0 bridgehead atoms. The number of hydrogen-bond donors (Lipinski definition) is 0. The number of amides is 1. The van der Waals surface area contributed by atoms with Gasteiger partial charge in [-0.1, -0.05) is 12.1 Å². The van der Waals surface area contributed by atoms with Crippen molar-refractivity contribution in [2.75, 3.05) is 0 Å². The van der Waals surface area contributed by atoms with Crippen molar-refractivity contribution in [1.29, 1.82) is 0 Å². The standard InChI is InChI=1S/C18H18N4O2/c1-11-8-9-17(24-11)16-10-14(20-22(16)12(2)23)18-19-13-6-4-5-7-15(13)21(18)3/h4-9,16H,10H2,1-3H3/t16-/m0/s1. The number of aryl methyl sites for hydroxylation is 2. The first-order valence-corrected chi connectivity index (χ1v) is 7.90. The van der Waals surface area contributed by atoms with Gasteiger partial charge in [0, 0.05) is 20.4 Å². The molecular formula is C18H18N4O2. The number of aromatic nitrogens is 2. The predicted octanol–water partition coefficient (Wildman–Crippen LogP) is 3.17. The zero-order valence-electron chi connectivity index (χ0n) is 13.9. The largest absolute Gasteiger partial charge is 0.464 e. The van der Waals surface area contributed by atoms with Gasteiger partial charge in [0.1, 0.15) is 23.3 Å². The summed E-state index contributed by atoms with van der Waals surface area (Å²) < 4.78 is 7.74. The second-order valence-corrected chi connectivity index (χ2v) is 6.06. The predicted molar refractivity (Wildman–Crippen MR) is 90.6 cm³/mol. The maximum absolute atomic E-state index is 12.0. The van der Waals surface area contributed by atoms with Crippen molar-refractivity contribution < 1.29 is 9.21 Å². The van der Waals surface area contributed by atoms with Crippen LogP contribution < -0.4 is 0 Å². The van der Waals surface area contributed by atoms with Gasteiger partial charge in [0.15, 0.2) is 5.82 Å². The Morgan fingerprint density at radius 3 is 2.71 bits per heavy atom. The molecule has 6 heteroatoms. The molecule has 0 spiro atoms. The maximum atomic E-state index is 12.0. The van der Waals surface area contributed by atoms with E-state index in [1.165, 1.54) is 11.9 Å². The summed E-state index contributed by atoms with van der Waals surface area (Å²) in [7, 11) is 1.97. The Labute approximate surface area is 139 Å². The molecule has 1 atom stereocenters. The van der Waals surface area contributed by atoms with Crippen LogP contribution in [0.5, 0.6) is 0 Å². The van der Waals surface area contributed by atoms with Gasteiger partial charge in [-0.25, -0.2) is 9.99 Å². The lowest BCUT2D eigenvalue weighted by atomic mass is 10.1. The lowest BCUT2D eigenvalue weighted by Gasteiger charge is -2.17. The van der Waals surface area contributed by atoms with Crippen molar-refractivity contribution in [3.05, 3.63) is 53.7 Å². The molecule has 1 aromatic carbocycles. The number of benzene rings is 1. The third-order valence-corrected chi connectivity index (χ3v) is 4.37. The number of nitrogens with zero attached hydrogens (tertiary/aromatic N) is 4. The summed E-state index contributed by atoms with van der Waals surface area (Å²) in [5.41, 5.74) is 2.76. The molecule has 3 heterocycles. The van der Waals surface area contributed by atoms with E-state index >= 15 is 0 Å². The van der Waals surface area contributed by atoms with Crippen molar-refractivity contribution in [3.63, 3.8) is 0 Å². The molecule has 0 N–H and O–H groups in total. The lowest BCUT2D eigenvalue weighted by Crippen LogP contribution is -2.23. The van der Waals surface area contributed by atoms with Gasteiger partial charge < -0.3 is 8.98 Å². The SMILES string of the molecule is CC(=O)N1N=C(c2nc3ccccc3n2C)C[C@H]1c1ccc(C)o1. The molecule has 0 unspecified atom stereocenters. The normalized spacial score (nSPS) is 17.5. The Hall–Kier alpha value is -2.89. The molecule has 4 rings (SSSR count). The zero-order chi connectivity index (χ0) is 16.8. The summed E-state index contributed by atoms with van der Waals surface area (Å²) in [6, 6.07) is 11.5. The monoisotopic (exact) mass is 322 g/mol. The summed E-state index contributed by atoms with van der Waals surface area (Å²) in [5, 5.41) is 6.03. The fourth-order valence-corrected chi connectivity index (χ4v) is 3.19. The smallest absolute Gasteiger partial charge is 0.240 e. The van der Waals surface area contributed by atoms with E-state index in [9.17, 15) is 4.79 Å². The molecule has 0 saturated heterocycles. The molecule has 1 aliphatic heterocycles. The molecule has 24 heavy (non-hydrogen) atoms. The minimum absolute atomic E-state index is 0.109. The van der Waals surface area contributed by atoms with Crippen LogP contribution in [-0.4, -0.2) is 26.2 Å². The van der Waals surface area contributed by atoms with Crippen LogP contribution in [0.1, 0.15) is 36.7 Å². The molecule has 6 nitrogen and oxygen atoms in total. The number of hydrazone groups is 1. The van der Waals surface area contributed by atoms with E-state index in [4.69, 9.17) is 4.42 Å². The van der Waals surface area contributed by atoms with E-state index in [1.807, 2.05) is 54.9 Å². The van der Waals surface area contributed by atoms with Gasteiger partial charge in [-0.3, -0.25) is 4.79 Å². The van der Waals surface area contributed by atoms with Gasteiger partial charge in [0.05, 0.1) is 11.0 Å². The van der Waals surface area contributed by atoms with Crippen LogP contribution in [0.25, 0.3) is 11.0 Å². The molecular weight excluding hydrogens is 304 g/mol. The van der Waals surface area contributed by atoms with Crippen molar-refractivity contribution in [2.45, 2.75) is 26.3 Å². The van der Waals surface area contributed by atoms with E-state index in [0.717, 1.165) is 34.1 Å². The highest BCUT2D eigenvalue weighted by molar-refractivity contribution is 6.02. The van der Waals surface area contributed by atoms with Crippen LogP contribution in [-0.2, 0) is 11.8 Å². The van der Waals surface area contributed by atoms with Gasteiger partial charge in [0.25, 0.3) is 0 Å². The van der Waals surface area contributed by atoms with Gasteiger partial charge in [0.2, 0.25) is 5.91 Å². The summed E-state index contributed by atoms with van der Waals surface area (Å²) in [5.74, 6) is 2.25. The minimum atomic E-state index is -0.217. The average molecular weight is 322 g/mol. The molecule has 2 aromatic heterocycles. The van der Waals surface area contributed by atoms with Gasteiger partial charge in [-0.15, -0.1) is 0 Å². The minimum Gasteiger partial charge on any atom is -0.464 e. The second kappa shape index (κ2) is 5.33. The summed E-state index contributed by atoms with van der Waals surface area (Å²) in [4.78, 5) is 16.7. The Balaban J connectivity index is 1.76. The van der Waals surface area contributed by atoms with Crippen LogP contribution in [0, 0.1) is 6.92 Å². The topological polar surface area (TPSA) is 63.6 Å². The molecule has 0 fully saturated rings. The summed E-state index contributed by atoms with van der Waals surface area (Å²) in [6.07, 6.45) is 0.587. The van der Waals surface area contributed by atoms with Crippen molar-refractivity contribution in [1.82, 2.24) is 14.6 Å². The van der Waals surface area contributed by atoms with E-state index in [1.54, 1.807) is 0 Å². The zero-order valence-corrected chi connectivity index (χ0v) is 13.9. The first kappa shape index (κ1) is 14.7.